The van der Waals surface area contributed by atoms with Crippen LogP contribution in [0.1, 0.15) is 27.2 Å². The quantitative estimate of drug-likeness (QED) is 0.789. The fraction of sp³-hybridized carbons (Fsp3) is 0.545. The molecular weight excluding hydrogens is 217 g/mol. The lowest BCUT2D eigenvalue weighted by Gasteiger charge is -2.15. The van der Waals surface area contributed by atoms with E-state index in [0.717, 1.165) is 6.42 Å². The first-order chi connectivity index (χ1) is 6.99. The number of aromatic nitrogens is 1. The van der Waals surface area contributed by atoms with Gasteiger partial charge >= 0.3 is 0 Å². The molecule has 0 aliphatic heterocycles. The van der Waals surface area contributed by atoms with Gasteiger partial charge < -0.3 is 4.74 Å². The van der Waals surface area contributed by atoms with Crippen molar-refractivity contribution in [1.82, 2.24) is 4.98 Å². The van der Waals surface area contributed by atoms with Crippen molar-refractivity contribution in [3.05, 3.63) is 23.1 Å². The topological polar surface area (TPSA) is 22.1 Å². The lowest BCUT2D eigenvalue weighted by molar-refractivity contribution is 0.177. The third-order valence-corrected chi connectivity index (χ3v) is 2.10. The molecule has 0 saturated heterocycles. The number of ether oxygens (including phenoxy) is 1. The van der Waals surface area contributed by atoms with E-state index in [4.69, 9.17) is 16.3 Å². The Morgan fingerprint density at radius 1 is 1.47 bits per heavy atom. The van der Waals surface area contributed by atoms with Gasteiger partial charge in [0.05, 0.1) is 11.1 Å². The predicted octanol–water partition coefficient (Wildman–Crippen LogP) is 3.69. The van der Waals surface area contributed by atoms with Crippen molar-refractivity contribution in [3.63, 3.8) is 0 Å². The van der Waals surface area contributed by atoms with Crippen molar-refractivity contribution < 1.29 is 9.13 Å². The fourth-order valence-electron chi connectivity index (χ4n) is 1.39. The molecule has 1 aromatic rings. The number of pyridine rings is 1. The zero-order valence-electron chi connectivity index (χ0n) is 9.13. The van der Waals surface area contributed by atoms with Crippen LogP contribution in [0.5, 0.6) is 5.88 Å². The number of halogens is 2. The molecule has 1 aromatic heterocycles. The van der Waals surface area contributed by atoms with Crippen LogP contribution in [0.3, 0.4) is 0 Å². The molecule has 1 unspecified atom stereocenters. The second kappa shape index (κ2) is 5.31. The molecule has 0 aromatic carbocycles. The lowest BCUT2D eigenvalue weighted by atomic mass is 10.1. The molecule has 1 heterocycles. The molecule has 1 atom stereocenters. The van der Waals surface area contributed by atoms with Gasteiger partial charge in [0, 0.05) is 6.20 Å². The van der Waals surface area contributed by atoms with Crippen molar-refractivity contribution >= 4 is 11.6 Å². The Labute approximate surface area is 94.4 Å². The van der Waals surface area contributed by atoms with Gasteiger partial charge in [-0.15, -0.1) is 0 Å². The van der Waals surface area contributed by atoms with Gasteiger partial charge in [-0.3, -0.25) is 0 Å². The molecule has 0 N–H and O–H groups in total. The van der Waals surface area contributed by atoms with Crippen molar-refractivity contribution in [2.45, 2.75) is 33.3 Å². The lowest BCUT2D eigenvalue weighted by Crippen LogP contribution is -2.15. The average Bonchev–Trinajstić information content (AvgIpc) is 2.08. The zero-order valence-corrected chi connectivity index (χ0v) is 9.88. The number of rotatable bonds is 4. The Balaban J connectivity index is 2.64. The highest BCUT2D eigenvalue weighted by Gasteiger charge is 2.11. The Morgan fingerprint density at radius 3 is 2.67 bits per heavy atom. The van der Waals surface area contributed by atoms with Crippen LogP contribution in [-0.4, -0.2) is 11.1 Å². The maximum atomic E-state index is 13.3. The molecule has 84 valence electrons. The van der Waals surface area contributed by atoms with Crippen LogP contribution in [-0.2, 0) is 0 Å². The summed E-state index contributed by atoms with van der Waals surface area (Å²) in [6.45, 7) is 6.08. The first kappa shape index (κ1) is 12.2. The molecule has 15 heavy (non-hydrogen) atoms. The smallest absolute Gasteiger partial charge is 0.250 e. The van der Waals surface area contributed by atoms with Gasteiger partial charge in [-0.05, 0) is 25.3 Å². The van der Waals surface area contributed by atoms with E-state index in [1.54, 1.807) is 0 Å². The van der Waals surface area contributed by atoms with Crippen molar-refractivity contribution in [1.29, 1.82) is 0 Å². The van der Waals surface area contributed by atoms with Gasteiger partial charge in [0.25, 0.3) is 5.88 Å². The van der Waals surface area contributed by atoms with E-state index < -0.39 is 5.82 Å². The van der Waals surface area contributed by atoms with Crippen molar-refractivity contribution in [2.75, 3.05) is 0 Å². The van der Waals surface area contributed by atoms with E-state index >= 15 is 0 Å². The van der Waals surface area contributed by atoms with Crippen molar-refractivity contribution in [2.24, 2.45) is 5.92 Å². The van der Waals surface area contributed by atoms with E-state index in [0.29, 0.717) is 5.92 Å². The monoisotopic (exact) mass is 231 g/mol. The highest BCUT2D eigenvalue weighted by molar-refractivity contribution is 6.30. The molecule has 2 nitrogen and oxygen atoms in total. The standard InChI is InChI=1S/C11H15ClFNO/c1-7(2)4-8(3)15-11-10(13)5-9(12)6-14-11/h5-8H,4H2,1-3H3. The fourth-order valence-corrected chi connectivity index (χ4v) is 1.54. The zero-order chi connectivity index (χ0) is 11.4. The molecule has 0 bridgehead atoms. The van der Waals surface area contributed by atoms with E-state index in [2.05, 4.69) is 18.8 Å². The maximum absolute atomic E-state index is 13.3. The molecule has 0 radical (unpaired) electrons. The summed E-state index contributed by atoms with van der Waals surface area (Å²) >= 11 is 5.58. The van der Waals surface area contributed by atoms with Gasteiger partial charge in [-0.2, -0.15) is 0 Å². The van der Waals surface area contributed by atoms with Crippen LogP contribution in [0.4, 0.5) is 4.39 Å². The van der Waals surface area contributed by atoms with Crippen LogP contribution < -0.4 is 4.74 Å². The average molecular weight is 232 g/mol. The summed E-state index contributed by atoms with van der Waals surface area (Å²) in [5.74, 6) is 0.0148. The summed E-state index contributed by atoms with van der Waals surface area (Å²) in [4.78, 5) is 3.80. The second-order valence-corrected chi connectivity index (χ2v) is 4.43. The highest BCUT2D eigenvalue weighted by Crippen LogP contribution is 2.20. The number of hydrogen-bond donors (Lipinski definition) is 0. The minimum atomic E-state index is -0.516. The van der Waals surface area contributed by atoms with Gasteiger partial charge in [0.15, 0.2) is 5.82 Å². The SMILES string of the molecule is CC(C)CC(C)Oc1ncc(Cl)cc1F. The largest absolute Gasteiger partial charge is 0.473 e. The maximum Gasteiger partial charge on any atom is 0.250 e. The van der Waals surface area contributed by atoms with Crippen LogP contribution in [0.2, 0.25) is 5.02 Å². The summed E-state index contributed by atoms with van der Waals surface area (Å²) in [5.41, 5.74) is 0. The summed E-state index contributed by atoms with van der Waals surface area (Å²) in [6, 6.07) is 1.20. The van der Waals surface area contributed by atoms with Gasteiger partial charge in [0.2, 0.25) is 0 Å². The minimum absolute atomic E-state index is 0.0209. The number of nitrogens with zero attached hydrogens (tertiary/aromatic N) is 1. The van der Waals surface area contributed by atoms with Gasteiger partial charge in [0.1, 0.15) is 0 Å². The first-order valence-corrected chi connectivity index (χ1v) is 5.34. The molecule has 0 fully saturated rings. The van der Waals surface area contributed by atoms with E-state index in [-0.39, 0.29) is 17.0 Å². The normalized spacial score (nSPS) is 12.9. The molecular formula is C11H15ClFNO. The summed E-state index contributed by atoms with van der Waals surface area (Å²) in [7, 11) is 0. The van der Waals surface area contributed by atoms with Crippen LogP contribution in [0, 0.1) is 11.7 Å². The first-order valence-electron chi connectivity index (χ1n) is 4.96. The third kappa shape index (κ3) is 4.04. The molecule has 1 rings (SSSR count). The molecule has 0 saturated carbocycles. The van der Waals surface area contributed by atoms with Crippen molar-refractivity contribution in [3.8, 4) is 5.88 Å². The molecule has 0 aliphatic carbocycles. The Kier molecular flexibility index (Phi) is 4.33. The Bertz CT molecular complexity index is 330. The molecule has 0 spiro atoms. The highest BCUT2D eigenvalue weighted by atomic mass is 35.5. The van der Waals surface area contributed by atoms with E-state index in [9.17, 15) is 4.39 Å². The molecule has 0 amide bonds. The van der Waals surface area contributed by atoms with Crippen LogP contribution in [0.25, 0.3) is 0 Å². The van der Waals surface area contributed by atoms with Gasteiger partial charge in [-0.1, -0.05) is 25.4 Å². The third-order valence-electron chi connectivity index (χ3n) is 1.89. The Hall–Kier alpha value is -0.830. The minimum Gasteiger partial charge on any atom is -0.473 e. The van der Waals surface area contributed by atoms with E-state index in [1.165, 1.54) is 12.3 Å². The number of hydrogen-bond acceptors (Lipinski definition) is 2. The molecule has 4 heteroatoms. The van der Waals surface area contributed by atoms with Crippen LogP contribution in [0.15, 0.2) is 12.3 Å². The second-order valence-electron chi connectivity index (χ2n) is 4.00. The summed E-state index contributed by atoms with van der Waals surface area (Å²) in [5, 5.41) is 0.274. The van der Waals surface area contributed by atoms with Gasteiger partial charge in [-0.25, -0.2) is 9.37 Å². The molecule has 0 aliphatic rings. The summed E-state index contributed by atoms with van der Waals surface area (Å²) in [6.07, 6.45) is 2.19. The summed E-state index contributed by atoms with van der Waals surface area (Å²) < 4.78 is 18.6. The Morgan fingerprint density at radius 2 is 2.13 bits per heavy atom. The predicted molar refractivity (Wildman–Crippen MR) is 58.8 cm³/mol. The van der Waals surface area contributed by atoms with E-state index in [1.807, 2.05) is 6.92 Å². The van der Waals surface area contributed by atoms with Crippen LogP contribution >= 0.6 is 11.6 Å².